The van der Waals surface area contributed by atoms with Gasteiger partial charge in [0.15, 0.2) is 23.0 Å². The van der Waals surface area contributed by atoms with Gasteiger partial charge in [-0.1, -0.05) is 5.16 Å². The maximum atomic E-state index is 12.6. The number of anilines is 1. The summed E-state index contributed by atoms with van der Waals surface area (Å²) >= 11 is 0. The molecule has 11 nitrogen and oxygen atoms in total. The Kier molecular flexibility index (Phi) is 6.23. The summed E-state index contributed by atoms with van der Waals surface area (Å²) in [6, 6.07) is 4.96. The number of piperazine rings is 1. The Morgan fingerprint density at radius 2 is 1.84 bits per heavy atom. The molecule has 3 heterocycles. The van der Waals surface area contributed by atoms with Crippen LogP contribution in [-0.4, -0.2) is 80.5 Å². The highest BCUT2D eigenvalue weighted by Gasteiger charge is 2.26. The third kappa shape index (κ3) is 4.72. The van der Waals surface area contributed by atoms with Gasteiger partial charge in [0.2, 0.25) is 12.7 Å². The van der Waals surface area contributed by atoms with Gasteiger partial charge >= 0.3 is 0 Å². The second-order valence-corrected chi connectivity index (χ2v) is 7.13. The minimum atomic E-state index is -0.194. The van der Waals surface area contributed by atoms with Crippen molar-refractivity contribution >= 4 is 17.5 Å². The number of hydrogen-bond donors (Lipinski definition) is 1. The lowest BCUT2D eigenvalue weighted by molar-refractivity contribution is -0.117. The normalized spacial score (nSPS) is 15.7. The number of fused-ring (bicyclic) bond motifs is 1. The smallest absolute Gasteiger partial charge is 0.276 e. The summed E-state index contributed by atoms with van der Waals surface area (Å²) < 4.78 is 26.1. The molecule has 2 amide bonds. The minimum Gasteiger partial charge on any atom is -0.494 e. The van der Waals surface area contributed by atoms with Crippen molar-refractivity contribution in [2.75, 3.05) is 59.1 Å². The van der Waals surface area contributed by atoms with Crippen molar-refractivity contribution in [3.63, 3.8) is 0 Å². The maximum absolute atomic E-state index is 12.6. The molecule has 0 spiro atoms. The van der Waals surface area contributed by atoms with Crippen LogP contribution in [0.2, 0.25) is 0 Å². The standard InChI is InChI=1S/C20H24N4O7/c1-27-11-13-7-15(22-31-13)20(26)24-5-3-23(4-6-24)10-19(25)21-14-8-17-18(30-12-29-17)9-16(14)28-2/h7-9H,3-6,10-12H2,1-2H3,(H,21,25). The van der Waals surface area contributed by atoms with Gasteiger partial charge in [0, 0.05) is 51.5 Å². The van der Waals surface area contributed by atoms with E-state index in [1.165, 1.54) is 7.11 Å². The predicted molar refractivity (Wildman–Crippen MR) is 107 cm³/mol. The summed E-state index contributed by atoms with van der Waals surface area (Å²) in [5.41, 5.74) is 0.775. The second kappa shape index (κ2) is 9.23. The summed E-state index contributed by atoms with van der Waals surface area (Å²) in [5.74, 6) is 1.76. The molecule has 2 aliphatic heterocycles. The number of rotatable bonds is 7. The molecular weight excluding hydrogens is 408 g/mol. The summed E-state index contributed by atoms with van der Waals surface area (Å²) in [6.07, 6.45) is 0. The van der Waals surface area contributed by atoms with E-state index in [9.17, 15) is 9.59 Å². The van der Waals surface area contributed by atoms with Crippen molar-refractivity contribution in [3.05, 3.63) is 29.7 Å². The molecule has 4 rings (SSSR count). The molecule has 166 valence electrons. The summed E-state index contributed by atoms with van der Waals surface area (Å²) in [7, 11) is 3.07. The zero-order valence-corrected chi connectivity index (χ0v) is 17.4. The Morgan fingerprint density at radius 1 is 1.10 bits per heavy atom. The van der Waals surface area contributed by atoms with E-state index in [0.717, 1.165) is 0 Å². The van der Waals surface area contributed by atoms with Crippen LogP contribution in [-0.2, 0) is 16.1 Å². The minimum absolute atomic E-state index is 0.140. The first-order valence-electron chi connectivity index (χ1n) is 9.81. The SMILES string of the molecule is COCc1cc(C(=O)N2CCN(CC(=O)Nc3cc4c(cc3OC)OCO4)CC2)no1. The van der Waals surface area contributed by atoms with Crippen molar-refractivity contribution in [2.24, 2.45) is 0 Å². The van der Waals surface area contributed by atoms with Crippen LogP contribution in [0.4, 0.5) is 5.69 Å². The van der Waals surface area contributed by atoms with Crippen LogP contribution in [0.3, 0.4) is 0 Å². The summed E-state index contributed by atoms with van der Waals surface area (Å²) in [5, 5.41) is 6.67. The second-order valence-electron chi connectivity index (χ2n) is 7.13. The Bertz CT molecular complexity index is 953. The molecule has 1 saturated heterocycles. The lowest BCUT2D eigenvalue weighted by atomic mass is 10.2. The molecule has 0 unspecified atom stereocenters. The van der Waals surface area contributed by atoms with Crippen LogP contribution in [0, 0.1) is 0 Å². The Labute approximate surface area is 178 Å². The first-order chi connectivity index (χ1) is 15.1. The average Bonchev–Trinajstić information content (AvgIpc) is 3.42. The third-order valence-corrected chi connectivity index (χ3v) is 5.06. The fraction of sp³-hybridized carbons (Fsp3) is 0.450. The van der Waals surface area contributed by atoms with Crippen LogP contribution < -0.4 is 19.5 Å². The van der Waals surface area contributed by atoms with Gasteiger partial charge in [0.05, 0.1) is 19.3 Å². The molecule has 31 heavy (non-hydrogen) atoms. The first-order valence-corrected chi connectivity index (χ1v) is 9.81. The molecule has 0 radical (unpaired) electrons. The van der Waals surface area contributed by atoms with Gasteiger partial charge in [-0.2, -0.15) is 0 Å². The van der Waals surface area contributed by atoms with Crippen molar-refractivity contribution in [3.8, 4) is 17.2 Å². The Balaban J connectivity index is 1.29. The number of hydrogen-bond acceptors (Lipinski definition) is 9. The number of nitrogens with zero attached hydrogens (tertiary/aromatic N) is 3. The van der Waals surface area contributed by atoms with E-state index in [1.807, 2.05) is 4.90 Å². The molecule has 0 atom stereocenters. The zero-order valence-electron chi connectivity index (χ0n) is 17.4. The van der Waals surface area contributed by atoms with E-state index >= 15 is 0 Å². The fourth-order valence-corrected chi connectivity index (χ4v) is 3.48. The van der Waals surface area contributed by atoms with Gasteiger partial charge in [-0.3, -0.25) is 14.5 Å². The Morgan fingerprint density at radius 3 is 2.55 bits per heavy atom. The molecule has 1 aromatic heterocycles. The number of carbonyl (C=O) groups excluding carboxylic acids is 2. The number of methoxy groups -OCH3 is 2. The molecular formula is C20H24N4O7. The molecule has 1 aromatic carbocycles. The molecule has 0 aliphatic carbocycles. The molecule has 1 fully saturated rings. The highest BCUT2D eigenvalue weighted by atomic mass is 16.7. The van der Waals surface area contributed by atoms with Crippen molar-refractivity contribution in [1.82, 2.24) is 15.0 Å². The Hall–Kier alpha value is -3.31. The predicted octanol–water partition coefficient (Wildman–Crippen LogP) is 0.955. The molecule has 1 N–H and O–H groups in total. The lowest BCUT2D eigenvalue weighted by Gasteiger charge is -2.33. The van der Waals surface area contributed by atoms with Crippen LogP contribution in [0.15, 0.2) is 22.7 Å². The van der Waals surface area contributed by atoms with Gasteiger partial charge < -0.3 is 33.7 Å². The quantitative estimate of drug-likeness (QED) is 0.683. The van der Waals surface area contributed by atoms with E-state index < -0.39 is 0 Å². The van der Waals surface area contributed by atoms with Crippen LogP contribution >= 0.6 is 0 Å². The molecule has 2 aromatic rings. The number of amides is 2. The molecule has 2 aliphatic rings. The number of carbonyl (C=O) groups is 2. The number of aromatic nitrogens is 1. The van der Waals surface area contributed by atoms with Crippen LogP contribution in [0.1, 0.15) is 16.2 Å². The van der Waals surface area contributed by atoms with E-state index in [4.69, 9.17) is 23.5 Å². The van der Waals surface area contributed by atoms with Gasteiger partial charge in [-0.15, -0.1) is 0 Å². The van der Waals surface area contributed by atoms with E-state index in [1.54, 1.807) is 30.2 Å². The fourth-order valence-electron chi connectivity index (χ4n) is 3.48. The van der Waals surface area contributed by atoms with Gasteiger partial charge in [0.25, 0.3) is 5.91 Å². The summed E-state index contributed by atoms with van der Waals surface area (Å²) in [6.45, 7) is 2.72. The van der Waals surface area contributed by atoms with Crippen LogP contribution in [0.5, 0.6) is 17.2 Å². The largest absolute Gasteiger partial charge is 0.494 e. The van der Waals surface area contributed by atoms with Crippen molar-refractivity contribution < 1.29 is 33.1 Å². The molecule has 0 bridgehead atoms. The number of ether oxygens (including phenoxy) is 4. The number of nitrogens with one attached hydrogen (secondary N) is 1. The molecule has 0 saturated carbocycles. The van der Waals surface area contributed by atoms with E-state index in [2.05, 4.69) is 10.5 Å². The first kappa shape index (κ1) is 20.9. The van der Waals surface area contributed by atoms with Gasteiger partial charge in [-0.25, -0.2) is 0 Å². The maximum Gasteiger partial charge on any atom is 0.276 e. The highest BCUT2D eigenvalue weighted by molar-refractivity contribution is 5.94. The number of benzene rings is 1. The van der Waals surface area contributed by atoms with E-state index in [0.29, 0.717) is 54.9 Å². The van der Waals surface area contributed by atoms with Crippen molar-refractivity contribution in [2.45, 2.75) is 6.61 Å². The zero-order chi connectivity index (χ0) is 21.8. The van der Waals surface area contributed by atoms with Crippen molar-refractivity contribution in [1.29, 1.82) is 0 Å². The van der Waals surface area contributed by atoms with Gasteiger partial charge in [0.1, 0.15) is 12.4 Å². The monoisotopic (exact) mass is 432 g/mol. The van der Waals surface area contributed by atoms with E-state index in [-0.39, 0.29) is 37.5 Å². The van der Waals surface area contributed by atoms with Gasteiger partial charge in [-0.05, 0) is 0 Å². The lowest BCUT2D eigenvalue weighted by Crippen LogP contribution is -2.50. The summed E-state index contributed by atoms with van der Waals surface area (Å²) in [4.78, 5) is 28.8. The topological polar surface area (TPSA) is 116 Å². The van der Waals surface area contributed by atoms with Crippen LogP contribution in [0.25, 0.3) is 0 Å². The highest BCUT2D eigenvalue weighted by Crippen LogP contribution is 2.40. The average molecular weight is 432 g/mol. The molecule has 11 heteroatoms. The third-order valence-electron chi connectivity index (χ3n) is 5.06.